The molecule has 1 aromatic rings. The van der Waals surface area contributed by atoms with Crippen LogP contribution in [0.1, 0.15) is 64.5 Å². The minimum atomic E-state index is -1.03. The molecule has 8 heteroatoms. The maximum Gasteiger partial charge on any atom is 0.408 e. The van der Waals surface area contributed by atoms with E-state index in [1.165, 1.54) is 6.07 Å². The third-order valence-corrected chi connectivity index (χ3v) is 3.88. The van der Waals surface area contributed by atoms with Crippen LogP contribution in [0, 0.1) is 5.82 Å². The number of nitrogens with two attached hydrogens (primary N) is 1. The van der Waals surface area contributed by atoms with E-state index in [0.29, 0.717) is 5.56 Å². The molecule has 0 aliphatic rings. The Hall–Kier alpha value is -2.64. The molecule has 0 heterocycles. The number of alkyl carbamates (subject to hydrolysis) is 1. The van der Waals surface area contributed by atoms with Gasteiger partial charge in [-0.2, -0.15) is 0 Å². The molecule has 0 saturated carbocycles. The normalized spacial score (nSPS) is 12.4. The van der Waals surface area contributed by atoms with E-state index in [1.54, 1.807) is 32.9 Å². The van der Waals surface area contributed by atoms with Crippen LogP contribution in [-0.2, 0) is 20.9 Å². The molecule has 1 rings (SSSR count). The van der Waals surface area contributed by atoms with Crippen molar-refractivity contribution in [2.45, 2.75) is 71.6 Å². The molecule has 28 heavy (non-hydrogen) atoms. The molecule has 1 atom stereocenters. The lowest BCUT2D eigenvalue weighted by molar-refractivity contribution is -0.124. The van der Waals surface area contributed by atoms with Gasteiger partial charge in [-0.3, -0.25) is 9.59 Å². The van der Waals surface area contributed by atoms with Crippen LogP contribution >= 0.6 is 0 Å². The predicted octanol–water partition coefficient (Wildman–Crippen LogP) is 2.72. The fourth-order valence-electron chi connectivity index (χ4n) is 2.38. The lowest BCUT2D eigenvalue weighted by atomic mass is 10.0. The highest BCUT2D eigenvalue weighted by Crippen LogP contribution is 2.18. The first-order valence-electron chi connectivity index (χ1n) is 9.23. The Morgan fingerprint density at radius 3 is 2.36 bits per heavy atom. The zero-order valence-corrected chi connectivity index (χ0v) is 17.1. The summed E-state index contributed by atoms with van der Waals surface area (Å²) in [7, 11) is 0. The first kappa shape index (κ1) is 23.4. The number of hydrogen-bond acceptors (Lipinski definition) is 4. The van der Waals surface area contributed by atoms with Gasteiger partial charge in [0.1, 0.15) is 17.5 Å². The van der Waals surface area contributed by atoms with Gasteiger partial charge >= 0.3 is 6.09 Å². The molecule has 0 bridgehead atoms. The molecule has 0 fully saturated rings. The monoisotopic (exact) mass is 395 g/mol. The Morgan fingerprint density at radius 1 is 1.21 bits per heavy atom. The zero-order chi connectivity index (χ0) is 21.5. The van der Waals surface area contributed by atoms with Gasteiger partial charge in [0, 0.05) is 18.5 Å². The van der Waals surface area contributed by atoms with Gasteiger partial charge < -0.3 is 21.1 Å². The fourth-order valence-corrected chi connectivity index (χ4v) is 2.38. The Labute approximate surface area is 165 Å². The van der Waals surface area contributed by atoms with Crippen molar-refractivity contribution in [2.24, 2.45) is 5.73 Å². The summed E-state index contributed by atoms with van der Waals surface area (Å²) in [5.74, 6) is -1.38. The van der Waals surface area contributed by atoms with Crippen LogP contribution in [0.3, 0.4) is 0 Å². The SMILES string of the molecule is CC(C)c1ccc(CNC(=O)[C@H](CCC(N)=O)NC(=O)OC(C)(C)C)c(F)c1. The van der Waals surface area contributed by atoms with Gasteiger partial charge in [-0.25, -0.2) is 9.18 Å². The smallest absolute Gasteiger partial charge is 0.408 e. The van der Waals surface area contributed by atoms with E-state index in [0.717, 1.165) is 5.56 Å². The summed E-state index contributed by atoms with van der Waals surface area (Å²) < 4.78 is 19.3. The molecular formula is C20H30FN3O4. The highest BCUT2D eigenvalue weighted by atomic mass is 19.1. The maximum absolute atomic E-state index is 14.2. The van der Waals surface area contributed by atoms with Crippen molar-refractivity contribution in [2.75, 3.05) is 0 Å². The molecule has 0 unspecified atom stereocenters. The number of hydrogen-bond donors (Lipinski definition) is 3. The second kappa shape index (κ2) is 10.1. The summed E-state index contributed by atoms with van der Waals surface area (Å²) in [6.07, 6.45) is -0.870. The first-order valence-corrected chi connectivity index (χ1v) is 9.23. The highest BCUT2D eigenvalue weighted by molar-refractivity contribution is 5.86. The van der Waals surface area contributed by atoms with Gasteiger partial charge in [0.25, 0.3) is 0 Å². The molecule has 0 aliphatic heterocycles. The molecular weight excluding hydrogens is 365 g/mol. The molecule has 1 aromatic carbocycles. The summed E-state index contributed by atoms with van der Waals surface area (Å²) in [6, 6.07) is 3.83. The number of halogens is 1. The first-order chi connectivity index (χ1) is 12.9. The molecule has 0 saturated heterocycles. The number of carbonyl (C=O) groups excluding carboxylic acids is 3. The molecule has 4 N–H and O–H groups in total. The average molecular weight is 395 g/mol. The van der Waals surface area contributed by atoms with Crippen molar-refractivity contribution < 1.29 is 23.5 Å². The van der Waals surface area contributed by atoms with Crippen molar-refractivity contribution >= 4 is 17.9 Å². The third-order valence-electron chi connectivity index (χ3n) is 3.88. The van der Waals surface area contributed by atoms with E-state index in [1.807, 2.05) is 13.8 Å². The van der Waals surface area contributed by atoms with E-state index in [2.05, 4.69) is 10.6 Å². The van der Waals surface area contributed by atoms with Gasteiger partial charge in [0.15, 0.2) is 0 Å². The maximum atomic E-state index is 14.2. The Morgan fingerprint density at radius 2 is 1.86 bits per heavy atom. The van der Waals surface area contributed by atoms with Gasteiger partial charge in [0.2, 0.25) is 11.8 Å². The largest absolute Gasteiger partial charge is 0.444 e. The zero-order valence-electron chi connectivity index (χ0n) is 17.1. The number of nitrogens with one attached hydrogen (secondary N) is 2. The van der Waals surface area contributed by atoms with Crippen LogP contribution in [0.2, 0.25) is 0 Å². The van der Waals surface area contributed by atoms with E-state index in [-0.39, 0.29) is 25.3 Å². The van der Waals surface area contributed by atoms with Gasteiger partial charge in [0.05, 0.1) is 0 Å². The second-order valence-corrected chi connectivity index (χ2v) is 7.93. The minimum Gasteiger partial charge on any atom is -0.444 e. The van der Waals surface area contributed by atoms with Crippen molar-refractivity contribution in [1.82, 2.24) is 10.6 Å². The van der Waals surface area contributed by atoms with E-state index in [9.17, 15) is 18.8 Å². The van der Waals surface area contributed by atoms with Crippen molar-refractivity contribution in [3.8, 4) is 0 Å². The van der Waals surface area contributed by atoms with E-state index in [4.69, 9.17) is 10.5 Å². The lowest BCUT2D eigenvalue weighted by Gasteiger charge is -2.23. The minimum absolute atomic E-state index is 0.00911. The van der Waals surface area contributed by atoms with Crippen molar-refractivity contribution in [3.05, 3.63) is 35.1 Å². The fraction of sp³-hybridized carbons (Fsp3) is 0.550. The summed E-state index contributed by atoms with van der Waals surface area (Å²) in [5, 5.41) is 5.01. The molecule has 7 nitrogen and oxygen atoms in total. The molecule has 0 spiro atoms. The number of amides is 3. The number of primary amides is 1. The topological polar surface area (TPSA) is 111 Å². The van der Waals surface area contributed by atoms with E-state index < -0.39 is 35.4 Å². The van der Waals surface area contributed by atoms with Crippen molar-refractivity contribution in [3.63, 3.8) is 0 Å². The summed E-state index contributed by atoms with van der Waals surface area (Å²) >= 11 is 0. The van der Waals surface area contributed by atoms with Crippen LogP contribution in [0.25, 0.3) is 0 Å². The van der Waals surface area contributed by atoms with Gasteiger partial charge in [-0.05, 0) is 44.7 Å². The van der Waals surface area contributed by atoms with Gasteiger partial charge in [-0.1, -0.05) is 26.0 Å². The van der Waals surface area contributed by atoms with Crippen LogP contribution < -0.4 is 16.4 Å². The van der Waals surface area contributed by atoms with Gasteiger partial charge in [-0.15, -0.1) is 0 Å². The predicted molar refractivity (Wildman–Crippen MR) is 104 cm³/mol. The summed E-state index contributed by atoms with van der Waals surface area (Å²) in [4.78, 5) is 35.5. The summed E-state index contributed by atoms with van der Waals surface area (Å²) in [5.41, 5.74) is 5.58. The van der Waals surface area contributed by atoms with E-state index >= 15 is 0 Å². The van der Waals surface area contributed by atoms with Crippen molar-refractivity contribution in [1.29, 1.82) is 0 Å². The molecule has 3 amide bonds. The van der Waals surface area contributed by atoms with Crippen LogP contribution in [0.5, 0.6) is 0 Å². The van der Waals surface area contributed by atoms with Crippen LogP contribution in [0.15, 0.2) is 18.2 Å². The third kappa shape index (κ3) is 8.37. The highest BCUT2D eigenvalue weighted by Gasteiger charge is 2.24. The summed E-state index contributed by atoms with van der Waals surface area (Å²) in [6.45, 7) is 8.94. The standard InChI is InChI=1S/C20H30FN3O4/c1-12(2)13-6-7-14(15(21)10-13)11-23-18(26)16(8-9-17(22)25)24-19(27)28-20(3,4)5/h6-7,10,12,16H,8-9,11H2,1-5H3,(H2,22,25)(H,23,26)(H,24,27)/t16-/m0/s1. The van der Waals surface area contributed by atoms with Crippen LogP contribution in [0.4, 0.5) is 9.18 Å². The Kier molecular flexibility index (Phi) is 8.40. The lowest BCUT2D eigenvalue weighted by Crippen LogP contribution is -2.48. The average Bonchev–Trinajstić information content (AvgIpc) is 2.55. The van der Waals surface area contributed by atoms with Crippen LogP contribution in [-0.4, -0.2) is 29.6 Å². The quantitative estimate of drug-likeness (QED) is 0.628. The Balaban J connectivity index is 2.77. The molecule has 156 valence electrons. The molecule has 0 aliphatic carbocycles. The molecule has 0 aromatic heterocycles. The number of rotatable bonds is 8. The number of carbonyl (C=O) groups is 3. The number of ether oxygens (including phenoxy) is 1. The second-order valence-electron chi connectivity index (χ2n) is 7.93. The Bertz CT molecular complexity index is 714. The number of benzene rings is 1. The molecule has 0 radical (unpaired) electrons.